The van der Waals surface area contributed by atoms with Gasteiger partial charge in [0.1, 0.15) is 22.8 Å². The third-order valence-corrected chi connectivity index (χ3v) is 4.87. The predicted octanol–water partition coefficient (Wildman–Crippen LogP) is 1.61. The Balaban J connectivity index is 1.63. The number of rotatable bonds is 4. The number of nitrogens with zero attached hydrogens (tertiary/aromatic N) is 2. The zero-order valence-corrected chi connectivity index (χ0v) is 16.4. The summed E-state index contributed by atoms with van der Waals surface area (Å²) in [6.45, 7) is 2.18. The van der Waals surface area contributed by atoms with Crippen LogP contribution in [0.15, 0.2) is 40.3 Å². The quantitative estimate of drug-likeness (QED) is 0.247. The van der Waals surface area contributed by atoms with Crippen LogP contribution in [0.4, 0.5) is 11.4 Å². The molecular weight excluding hydrogens is 412 g/mol. The highest BCUT2D eigenvalue weighted by molar-refractivity contribution is 7.80. The van der Waals surface area contributed by atoms with E-state index in [9.17, 15) is 19.7 Å². The molecule has 0 aliphatic carbocycles. The summed E-state index contributed by atoms with van der Waals surface area (Å²) in [5.74, 6) is -0.650. The fourth-order valence-electron chi connectivity index (χ4n) is 3.23. The Kier molecular flexibility index (Phi) is 5.29. The molecule has 0 radical (unpaired) electrons. The lowest BCUT2D eigenvalue weighted by molar-refractivity contribution is -0.384. The normalized spacial score (nSPS) is 16.9. The number of hydrogen-bond donors (Lipinski definition) is 2. The van der Waals surface area contributed by atoms with Crippen molar-refractivity contribution in [2.24, 2.45) is 0 Å². The van der Waals surface area contributed by atoms with Crippen LogP contribution in [0.1, 0.15) is 5.76 Å². The largest absolute Gasteiger partial charge is 0.457 e. The number of nitro benzene ring substituents is 1. The Bertz CT molecular complexity index is 1060. The van der Waals surface area contributed by atoms with Crippen molar-refractivity contribution in [1.29, 1.82) is 0 Å². The maximum absolute atomic E-state index is 11.9. The second kappa shape index (κ2) is 8.05. The molecule has 10 nitrogen and oxygen atoms in total. The van der Waals surface area contributed by atoms with Crippen LogP contribution in [0.25, 0.3) is 17.4 Å². The summed E-state index contributed by atoms with van der Waals surface area (Å²) in [7, 11) is 0. The number of nitrogens with one attached hydrogen (secondary N) is 2. The molecule has 3 heterocycles. The molecule has 2 saturated heterocycles. The van der Waals surface area contributed by atoms with Gasteiger partial charge >= 0.3 is 0 Å². The number of carbonyl (C=O) groups excluding carboxylic acids is 2. The van der Waals surface area contributed by atoms with Crippen molar-refractivity contribution in [2.75, 3.05) is 31.2 Å². The lowest BCUT2D eigenvalue weighted by atomic mass is 10.1. The van der Waals surface area contributed by atoms with Crippen LogP contribution < -0.4 is 15.5 Å². The van der Waals surface area contributed by atoms with Crippen molar-refractivity contribution < 1.29 is 23.7 Å². The van der Waals surface area contributed by atoms with Crippen molar-refractivity contribution in [2.45, 2.75) is 0 Å². The van der Waals surface area contributed by atoms with Crippen molar-refractivity contribution in [3.63, 3.8) is 0 Å². The third kappa shape index (κ3) is 3.93. The van der Waals surface area contributed by atoms with Gasteiger partial charge in [-0.2, -0.15) is 0 Å². The molecule has 2 fully saturated rings. The summed E-state index contributed by atoms with van der Waals surface area (Å²) in [6, 6.07) is 8.04. The molecule has 1 aromatic heterocycles. The van der Waals surface area contributed by atoms with E-state index in [0.29, 0.717) is 43.3 Å². The Labute approximate surface area is 175 Å². The molecular formula is C19H16N4O6S. The molecule has 4 rings (SSSR count). The molecule has 0 saturated carbocycles. The van der Waals surface area contributed by atoms with Crippen LogP contribution in [0.2, 0.25) is 0 Å². The molecule has 2 aliphatic rings. The van der Waals surface area contributed by atoms with Gasteiger partial charge in [-0.1, -0.05) is 0 Å². The number of ether oxygens (including phenoxy) is 1. The van der Waals surface area contributed by atoms with E-state index in [1.54, 1.807) is 24.3 Å². The van der Waals surface area contributed by atoms with Gasteiger partial charge in [0.05, 0.1) is 18.1 Å². The van der Waals surface area contributed by atoms with E-state index in [0.717, 1.165) is 0 Å². The average Bonchev–Trinajstić information content (AvgIpc) is 3.19. The summed E-state index contributed by atoms with van der Waals surface area (Å²) in [5.41, 5.74) is 0.831. The minimum Gasteiger partial charge on any atom is -0.457 e. The van der Waals surface area contributed by atoms with Gasteiger partial charge in [0.2, 0.25) is 0 Å². The summed E-state index contributed by atoms with van der Waals surface area (Å²) < 4.78 is 11.0. The fourth-order valence-corrected chi connectivity index (χ4v) is 3.41. The van der Waals surface area contributed by atoms with E-state index in [4.69, 9.17) is 21.4 Å². The first-order valence-electron chi connectivity index (χ1n) is 9.02. The first kappa shape index (κ1) is 19.7. The molecule has 30 heavy (non-hydrogen) atoms. The maximum Gasteiger partial charge on any atom is 0.293 e. The van der Waals surface area contributed by atoms with Crippen molar-refractivity contribution in [3.05, 3.63) is 51.8 Å². The van der Waals surface area contributed by atoms with Crippen LogP contribution in [-0.4, -0.2) is 48.2 Å². The molecule has 0 spiro atoms. The fraction of sp³-hybridized carbons (Fsp3) is 0.211. The molecule has 1 aromatic carbocycles. The zero-order valence-electron chi connectivity index (χ0n) is 15.5. The smallest absolute Gasteiger partial charge is 0.293 e. The standard InChI is InChI=1S/C19H16N4O6S/c24-17-13(18(25)21-19(30)20-17)10-12-2-4-16(29-12)11-1-3-14(15(9-11)23(26)27)22-5-7-28-8-6-22/h1-4,9-10H,5-8H2,(H2,20,21,24,25,30). The SMILES string of the molecule is O=C1NC(=S)NC(=O)C1=Cc1ccc(-c2ccc(N3CCOCC3)c([N+](=O)[O-])c2)o1. The minimum atomic E-state index is -0.632. The van der Waals surface area contributed by atoms with Gasteiger partial charge in [0, 0.05) is 24.7 Å². The van der Waals surface area contributed by atoms with Crippen LogP contribution in [0.5, 0.6) is 0 Å². The number of benzene rings is 1. The minimum absolute atomic E-state index is 0.0368. The molecule has 0 atom stereocenters. The van der Waals surface area contributed by atoms with Gasteiger partial charge < -0.3 is 14.1 Å². The summed E-state index contributed by atoms with van der Waals surface area (Å²) in [5, 5.41) is 16.2. The van der Waals surface area contributed by atoms with E-state index < -0.39 is 16.7 Å². The second-order valence-electron chi connectivity index (χ2n) is 6.56. The lowest BCUT2D eigenvalue weighted by Gasteiger charge is -2.28. The first-order valence-corrected chi connectivity index (χ1v) is 9.43. The van der Waals surface area contributed by atoms with E-state index in [-0.39, 0.29) is 22.1 Å². The highest BCUT2D eigenvalue weighted by Gasteiger charge is 2.26. The van der Waals surface area contributed by atoms with Crippen LogP contribution in [0.3, 0.4) is 0 Å². The van der Waals surface area contributed by atoms with Gasteiger partial charge in [0.25, 0.3) is 17.5 Å². The summed E-state index contributed by atoms with van der Waals surface area (Å²) >= 11 is 4.76. The number of anilines is 1. The van der Waals surface area contributed by atoms with Crippen molar-refractivity contribution in [1.82, 2.24) is 10.6 Å². The Morgan fingerprint density at radius 3 is 2.47 bits per heavy atom. The third-order valence-electron chi connectivity index (χ3n) is 4.67. The number of nitro groups is 1. The average molecular weight is 428 g/mol. The van der Waals surface area contributed by atoms with Crippen molar-refractivity contribution in [3.8, 4) is 11.3 Å². The monoisotopic (exact) mass is 428 g/mol. The molecule has 2 aromatic rings. The van der Waals surface area contributed by atoms with E-state index >= 15 is 0 Å². The Hall–Kier alpha value is -3.57. The number of thiocarbonyl (C=S) groups is 1. The molecule has 2 amide bonds. The molecule has 2 N–H and O–H groups in total. The van der Waals surface area contributed by atoms with Gasteiger partial charge in [-0.05, 0) is 42.6 Å². The second-order valence-corrected chi connectivity index (χ2v) is 6.97. The topological polar surface area (TPSA) is 127 Å². The number of furan rings is 1. The first-order chi connectivity index (χ1) is 14.4. The number of morpholine rings is 1. The highest BCUT2D eigenvalue weighted by Crippen LogP contribution is 2.34. The van der Waals surface area contributed by atoms with E-state index in [1.807, 2.05) is 4.90 Å². The predicted molar refractivity (Wildman–Crippen MR) is 111 cm³/mol. The highest BCUT2D eigenvalue weighted by atomic mass is 32.1. The Morgan fingerprint density at radius 1 is 1.10 bits per heavy atom. The number of amides is 2. The van der Waals surface area contributed by atoms with Crippen LogP contribution >= 0.6 is 12.2 Å². The van der Waals surface area contributed by atoms with Gasteiger partial charge in [-0.25, -0.2) is 0 Å². The van der Waals surface area contributed by atoms with E-state index in [2.05, 4.69) is 10.6 Å². The molecule has 154 valence electrons. The zero-order chi connectivity index (χ0) is 21.3. The molecule has 0 unspecified atom stereocenters. The number of hydrogen-bond acceptors (Lipinski definition) is 8. The molecule has 0 bridgehead atoms. The Morgan fingerprint density at radius 2 is 1.80 bits per heavy atom. The van der Waals surface area contributed by atoms with Gasteiger partial charge in [-0.3, -0.25) is 30.3 Å². The van der Waals surface area contributed by atoms with Crippen molar-refractivity contribution >= 4 is 46.6 Å². The molecule has 11 heteroatoms. The van der Waals surface area contributed by atoms with Crippen LogP contribution in [-0.2, 0) is 14.3 Å². The molecule has 2 aliphatic heterocycles. The van der Waals surface area contributed by atoms with Gasteiger partial charge in [-0.15, -0.1) is 0 Å². The van der Waals surface area contributed by atoms with E-state index in [1.165, 1.54) is 12.1 Å². The summed E-state index contributed by atoms with van der Waals surface area (Å²) in [4.78, 5) is 37.0. The van der Waals surface area contributed by atoms with Crippen LogP contribution in [0, 0.1) is 10.1 Å². The number of carbonyl (C=O) groups is 2. The maximum atomic E-state index is 11.9. The lowest BCUT2D eigenvalue weighted by Crippen LogP contribution is -2.51. The van der Waals surface area contributed by atoms with Gasteiger partial charge in [0.15, 0.2) is 5.11 Å². The summed E-state index contributed by atoms with van der Waals surface area (Å²) in [6.07, 6.45) is 1.28.